The van der Waals surface area contributed by atoms with Gasteiger partial charge in [-0.1, -0.05) is 11.3 Å². The van der Waals surface area contributed by atoms with Crippen LogP contribution in [-0.2, 0) is 0 Å². The first-order valence-electron chi connectivity index (χ1n) is 4.22. The van der Waals surface area contributed by atoms with Crippen LogP contribution in [0.4, 0.5) is 5.13 Å². The van der Waals surface area contributed by atoms with E-state index in [9.17, 15) is 0 Å². The number of nitrogens with one attached hydrogen (secondary N) is 1. The van der Waals surface area contributed by atoms with E-state index >= 15 is 0 Å². The third kappa shape index (κ3) is 2.08. The highest BCUT2D eigenvalue weighted by Gasteiger charge is 2.09. The van der Waals surface area contributed by atoms with Crippen LogP contribution in [0.2, 0.25) is 0 Å². The zero-order valence-electron chi connectivity index (χ0n) is 7.89. The largest absolute Gasteiger partial charge is 0.351 e. The van der Waals surface area contributed by atoms with Crippen molar-refractivity contribution in [2.75, 3.05) is 5.32 Å². The quantitative estimate of drug-likeness (QED) is 0.873. The van der Waals surface area contributed by atoms with Gasteiger partial charge in [-0.25, -0.2) is 4.98 Å². The van der Waals surface area contributed by atoms with Crippen LogP contribution >= 0.6 is 22.7 Å². The maximum Gasteiger partial charge on any atom is 0.206 e. The van der Waals surface area contributed by atoms with E-state index < -0.39 is 0 Å². The lowest BCUT2D eigenvalue weighted by Gasteiger charge is -2.07. The van der Waals surface area contributed by atoms with E-state index in [0.717, 1.165) is 15.1 Å². The van der Waals surface area contributed by atoms with Crippen molar-refractivity contribution in [1.29, 1.82) is 0 Å². The Labute approximate surface area is 90.0 Å². The lowest BCUT2D eigenvalue weighted by atomic mass is 10.4. The maximum absolute atomic E-state index is 4.23. The molecule has 0 aliphatic carbocycles. The number of aromatic nitrogens is 3. The second-order valence-electron chi connectivity index (χ2n) is 2.86. The van der Waals surface area contributed by atoms with Crippen molar-refractivity contribution in [3.8, 4) is 0 Å². The molecular weight excluding hydrogens is 216 g/mol. The lowest BCUT2D eigenvalue weighted by Crippen LogP contribution is -2.05. The molecule has 1 unspecified atom stereocenters. The van der Waals surface area contributed by atoms with Crippen molar-refractivity contribution >= 4 is 27.8 Å². The fraction of sp³-hybridized carbons (Fsp3) is 0.375. The van der Waals surface area contributed by atoms with Crippen LogP contribution in [0.25, 0.3) is 0 Å². The molecule has 2 rings (SSSR count). The normalized spacial score (nSPS) is 12.7. The first-order valence-corrected chi connectivity index (χ1v) is 5.91. The molecule has 0 bridgehead atoms. The van der Waals surface area contributed by atoms with Gasteiger partial charge in [0.2, 0.25) is 5.13 Å². The summed E-state index contributed by atoms with van der Waals surface area (Å²) in [6.45, 7) is 4.01. The SMILES string of the molecule is Cc1nnc(NC(C)c2nccs2)s1. The standard InChI is InChI=1S/C8H10N4S2/c1-5(7-9-3-4-13-7)10-8-12-11-6(2)14-8/h3-5H,1-2H3,(H,10,12). The van der Waals surface area contributed by atoms with Crippen molar-refractivity contribution in [3.05, 3.63) is 21.6 Å². The minimum absolute atomic E-state index is 0.197. The number of hydrogen-bond acceptors (Lipinski definition) is 6. The van der Waals surface area contributed by atoms with E-state index in [1.54, 1.807) is 22.7 Å². The molecule has 1 atom stereocenters. The van der Waals surface area contributed by atoms with Gasteiger partial charge in [0, 0.05) is 11.6 Å². The number of thiazole rings is 1. The number of nitrogens with zero attached hydrogens (tertiary/aromatic N) is 3. The Balaban J connectivity index is 2.05. The van der Waals surface area contributed by atoms with Gasteiger partial charge in [-0.05, 0) is 13.8 Å². The molecule has 0 aliphatic rings. The van der Waals surface area contributed by atoms with E-state index in [1.165, 1.54) is 0 Å². The Morgan fingerprint density at radius 3 is 2.86 bits per heavy atom. The van der Waals surface area contributed by atoms with Crippen LogP contribution in [0.15, 0.2) is 11.6 Å². The lowest BCUT2D eigenvalue weighted by molar-refractivity contribution is 0.859. The van der Waals surface area contributed by atoms with Crippen molar-refractivity contribution < 1.29 is 0 Å². The average Bonchev–Trinajstić information content (AvgIpc) is 2.75. The highest BCUT2D eigenvalue weighted by Crippen LogP contribution is 2.22. The molecule has 2 aromatic heterocycles. The molecule has 0 fully saturated rings. The second-order valence-corrected chi connectivity index (χ2v) is 4.97. The molecule has 74 valence electrons. The summed E-state index contributed by atoms with van der Waals surface area (Å²) in [6.07, 6.45) is 1.81. The Bertz CT molecular complexity index is 395. The van der Waals surface area contributed by atoms with Crippen LogP contribution in [-0.4, -0.2) is 15.2 Å². The first kappa shape index (κ1) is 9.54. The zero-order valence-corrected chi connectivity index (χ0v) is 9.52. The summed E-state index contributed by atoms with van der Waals surface area (Å²) in [5.41, 5.74) is 0. The molecule has 2 aromatic rings. The zero-order chi connectivity index (χ0) is 9.97. The number of aryl methyl sites for hydroxylation is 1. The Hall–Kier alpha value is -1.01. The summed E-state index contributed by atoms with van der Waals surface area (Å²) in [5, 5.41) is 16.1. The third-order valence-electron chi connectivity index (χ3n) is 1.69. The van der Waals surface area contributed by atoms with Crippen molar-refractivity contribution in [1.82, 2.24) is 15.2 Å². The third-order valence-corrected chi connectivity index (χ3v) is 3.42. The summed E-state index contributed by atoms with van der Waals surface area (Å²) in [7, 11) is 0. The summed E-state index contributed by atoms with van der Waals surface area (Å²) in [4.78, 5) is 4.23. The molecular formula is C8H10N4S2. The molecule has 0 saturated carbocycles. The van der Waals surface area contributed by atoms with Gasteiger partial charge in [-0.2, -0.15) is 0 Å². The Morgan fingerprint density at radius 1 is 1.43 bits per heavy atom. The Kier molecular flexibility index (Phi) is 2.74. The summed E-state index contributed by atoms with van der Waals surface area (Å²) in [5.74, 6) is 0. The first-order chi connectivity index (χ1) is 6.75. The van der Waals surface area contributed by atoms with E-state index in [0.29, 0.717) is 0 Å². The van der Waals surface area contributed by atoms with E-state index in [1.807, 2.05) is 18.5 Å². The molecule has 0 aromatic carbocycles. The predicted molar refractivity (Wildman–Crippen MR) is 58.8 cm³/mol. The molecule has 0 spiro atoms. The number of anilines is 1. The molecule has 0 aliphatic heterocycles. The molecule has 0 saturated heterocycles. The van der Waals surface area contributed by atoms with E-state index in [2.05, 4.69) is 27.4 Å². The molecule has 14 heavy (non-hydrogen) atoms. The average molecular weight is 226 g/mol. The predicted octanol–water partition coefficient (Wildman–Crippen LogP) is 2.48. The van der Waals surface area contributed by atoms with Crippen LogP contribution in [0.5, 0.6) is 0 Å². The van der Waals surface area contributed by atoms with E-state index in [-0.39, 0.29) is 6.04 Å². The van der Waals surface area contributed by atoms with Gasteiger partial charge in [0.25, 0.3) is 0 Å². The topological polar surface area (TPSA) is 50.7 Å². The second kappa shape index (κ2) is 4.02. The number of rotatable bonds is 3. The fourth-order valence-corrected chi connectivity index (χ4v) is 2.37. The molecule has 2 heterocycles. The van der Waals surface area contributed by atoms with Crippen LogP contribution in [0.3, 0.4) is 0 Å². The van der Waals surface area contributed by atoms with Crippen LogP contribution in [0, 0.1) is 6.92 Å². The van der Waals surface area contributed by atoms with Gasteiger partial charge in [-0.15, -0.1) is 21.5 Å². The van der Waals surface area contributed by atoms with Gasteiger partial charge >= 0.3 is 0 Å². The van der Waals surface area contributed by atoms with Gasteiger partial charge < -0.3 is 5.32 Å². The van der Waals surface area contributed by atoms with E-state index in [4.69, 9.17) is 0 Å². The molecule has 1 N–H and O–H groups in total. The Morgan fingerprint density at radius 2 is 2.29 bits per heavy atom. The molecule has 4 nitrogen and oxygen atoms in total. The fourth-order valence-electron chi connectivity index (χ4n) is 1.05. The van der Waals surface area contributed by atoms with Crippen LogP contribution < -0.4 is 5.32 Å². The highest BCUT2D eigenvalue weighted by atomic mass is 32.1. The summed E-state index contributed by atoms with van der Waals surface area (Å²) < 4.78 is 0. The van der Waals surface area contributed by atoms with Gasteiger partial charge in [0.05, 0.1) is 6.04 Å². The van der Waals surface area contributed by atoms with Gasteiger partial charge in [0.1, 0.15) is 10.0 Å². The molecule has 0 radical (unpaired) electrons. The minimum Gasteiger partial charge on any atom is -0.351 e. The summed E-state index contributed by atoms with van der Waals surface area (Å²) >= 11 is 3.20. The smallest absolute Gasteiger partial charge is 0.206 e. The molecule has 0 amide bonds. The highest BCUT2D eigenvalue weighted by molar-refractivity contribution is 7.15. The molecule has 6 heteroatoms. The number of hydrogen-bond donors (Lipinski definition) is 1. The van der Waals surface area contributed by atoms with Crippen molar-refractivity contribution in [2.45, 2.75) is 19.9 Å². The van der Waals surface area contributed by atoms with Gasteiger partial charge in [0.15, 0.2) is 0 Å². The monoisotopic (exact) mass is 226 g/mol. The van der Waals surface area contributed by atoms with Gasteiger partial charge in [-0.3, -0.25) is 0 Å². The minimum atomic E-state index is 0.197. The van der Waals surface area contributed by atoms with Crippen molar-refractivity contribution in [2.24, 2.45) is 0 Å². The van der Waals surface area contributed by atoms with Crippen molar-refractivity contribution in [3.63, 3.8) is 0 Å². The van der Waals surface area contributed by atoms with Crippen LogP contribution in [0.1, 0.15) is 23.0 Å². The summed E-state index contributed by atoms with van der Waals surface area (Å²) in [6, 6.07) is 0.197. The maximum atomic E-state index is 4.23.